The number of anilines is 3. The van der Waals surface area contributed by atoms with Gasteiger partial charge in [0.25, 0.3) is 0 Å². The minimum atomic E-state index is -3.51. The third-order valence-electron chi connectivity index (χ3n) is 4.24. The second-order valence-electron chi connectivity index (χ2n) is 6.19. The van der Waals surface area contributed by atoms with Gasteiger partial charge in [0.15, 0.2) is 0 Å². The van der Waals surface area contributed by atoms with Crippen molar-refractivity contribution in [1.82, 2.24) is 14.3 Å². The normalized spacial score (nSPS) is 15.8. The summed E-state index contributed by atoms with van der Waals surface area (Å²) in [5.41, 5.74) is 7.06. The molecule has 0 saturated carbocycles. The molecule has 3 N–H and O–H groups in total. The van der Waals surface area contributed by atoms with Crippen LogP contribution in [0.15, 0.2) is 35.2 Å². The number of aromatic nitrogens is 2. The smallest absolute Gasteiger partial charge is 0.243 e. The molecule has 0 bridgehead atoms. The Balaban J connectivity index is 1.72. The zero-order chi connectivity index (χ0) is 18.7. The van der Waals surface area contributed by atoms with Crippen LogP contribution in [0.1, 0.15) is 12.6 Å². The fraction of sp³-hybridized carbons (Fsp3) is 0.412. The van der Waals surface area contributed by atoms with Crippen molar-refractivity contribution in [2.75, 3.05) is 48.7 Å². The van der Waals surface area contributed by atoms with Gasteiger partial charge in [-0.05, 0) is 38.1 Å². The lowest BCUT2D eigenvalue weighted by molar-refractivity contribution is 0.382. The molecule has 2 aromatic rings. The number of aryl methyl sites for hydroxylation is 1. The highest BCUT2D eigenvalue weighted by Gasteiger charge is 2.29. The lowest BCUT2D eigenvalue weighted by Gasteiger charge is -2.34. The number of nitrogen functional groups attached to an aromatic ring is 1. The van der Waals surface area contributed by atoms with Crippen LogP contribution in [-0.2, 0) is 10.0 Å². The predicted octanol–water partition coefficient (Wildman–Crippen LogP) is 1.31. The zero-order valence-corrected chi connectivity index (χ0v) is 15.8. The van der Waals surface area contributed by atoms with Gasteiger partial charge in [0, 0.05) is 50.2 Å². The molecule has 0 atom stereocenters. The van der Waals surface area contributed by atoms with Crippen molar-refractivity contribution in [3.05, 3.63) is 36.0 Å². The first kappa shape index (κ1) is 18.4. The number of hydrogen-bond donors (Lipinski definition) is 2. The van der Waals surface area contributed by atoms with Crippen molar-refractivity contribution in [2.24, 2.45) is 0 Å². The van der Waals surface area contributed by atoms with Crippen molar-refractivity contribution in [1.29, 1.82) is 0 Å². The Bertz CT molecular complexity index is 861. The second-order valence-corrected chi connectivity index (χ2v) is 8.12. The van der Waals surface area contributed by atoms with Crippen LogP contribution < -0.4 is 16.0 Å². The average molecular weight is 376 g/mol. The molecule has 1 aromatic heterocycles. The monoisotopic (exact) mass is 376 g/mol. The van der Waals surface area contributed by atoms with Crippen LogP contribution in [-0.4, -0.2) is 55.4 Å². The minimum Gasteiger partial charge on any atom is -0.399 e. The summed E-state index contributed by atoms with van der Waals surface area (Å²) in [7, 11) is -3.51. The zero-order valence-electron chi connectivity index (χ0n) is 15.0. The van der Waals surface area contributed by atoms with E-state index in [0.29, 0.717) is 37.8 Å². The number of hydrogen-bond acceptors (Lipinski definition) is 7. The Morgan fingerprint density at radius 2 is 1.77 bits per heavy atom. The highest BCUT2D eigenvalue weighted by molar-refractivity contribution is 7.89. The van der Waals surface area contributed by atoms with E-state index in [1.54, 1.807) is 24.3 Å². The molecular formula is C17H24N6O2S. The van der Waals surface area contributed by atoms with Crippen LogP contribution in [0.5, 0.6) is 0 Å². The molecule has 1 aromatic carbocycles. The van der Waals surface area contributed by atoms with E-state index in [0.717, 1.165) is 18.1 Å². The summed E-state index contributed by atoms with van der Waals surface area (Å²) in [4.78, 5) is 11.3. The molecule has 3 rings (SSSR count). The number of nitrogens with two attached hydrogens (primary N) is 1. The molecule has 2 heterocycles. The maximum absolute atomic E-state index is 12.8. The molecule has 0 radical (unpaired) electrons. The molecule has 1 fully saturated rings. The summed E-state index contributed by atoms with van der Waals surface area (Å²) in [5, 5.41) is 3.19. The Hall–Kier alpha value is -2.39. The second kappa shape index (κ2) is 7.46. The summed E-state index contributed by atoms with van der Waals surface area (Å²) in [6.45, 7) is 6.59. The maximum Gasteiger partial charge on any atom is 0.243 e. The molecule has 1 saturated heterocycles. The van der Waals surface area contributed by atoms with E-state index in [1.807, 2.05) is 24.8 Å². The molecule has 1 aliphatic rings. The number of nitrogens with zero attached hydrogens (tertiary/aromatic N) is 4. The predicted molar refractivity (Wildman–Crippen MR) is 103 cm³/mol. The summed E-state index contributed by atoms with van der Waals surface area (Å²) >= 11 is 0. The van der Waals surface area contributed by atoms with Gasteiger partial charge in [-0.1, -0.05) is 0 Å². The van der Waals surface area contributed by atoms with Crippen molar-refractivity contribution in [2.45, 2.75) is 18.7 Å². The first-order valence-corrected chi connectivity index (χ1v) is 10.0. The van der Waals surface area contributed by atoms with Gasteiger partial charge >= 0.3 is 0 Å². The minimum absolute atomic E-state index is 0.265. The van der Waals surface area contributed by atoms with Crippen LogP contribution in [0.3, 0.4) is 0 Å². The van der Waals surface area contributed by atoms with Gasteiger partial charge in [-0.2, -0.15) is 9.29 Å². The summed E-state index contributed by atoms with van der Waals surface area (Å²) < 4.78 is 27.0. The van der Waals surface area contributed by atoms with E-state index in [2.05, 4.69) is 15.3 Å². The molecular weight excluding hydrogens is 352 g/mol. The molecule has 8 nitrogen and oxygen atoms in total. The van der Waals surface area contributed by atoms with Crippen molar-refractivity contribution in [3.63, 3.8) is 0 Å². The Morgan fingerprint density at radius 1 is 1.12 bits per heavy atom. The maximum atomic E-state index is 12.8. The van der Waals surface area contributed by atoms with E-state index in [1.165, 1.54) is 4.31 Å². The molecule has 0 unspecified atom stereocenters. The number of sulfonamides is 1. The van der Waals surface area contributed by atoms with Gasteiger partial charge in [0.1, 0.15) is 5.82 Å². The molecule has 9 heteroatoms. The SMILES string of the molecule is CCNc1cc(C)nc(N2CCN(S(=O)(=O)c3ccc(N)cc3)CC2)n1. The number of piperazine rings is 1. The van der Waals surface area contributed by atoms with Crippen molar-refractivity contribution >= 4 is 27.5 Å². The molecule has 26 heavy (non-hydrogen) atoms. The number of rotatable bonds is 5. The van der Waals surface area contributed by atoms with Crippen LogP contribution in [0, 0.1) is 6.92 Å². The summed E-state index contributed by atoms with van der Waals surface area (Å²) in [6.07, 6.45) is 0. The summed E-state index contributed by atoms with van der Waals surface area (Å²) in [6, 6.07) is 8.19. The highest BCUT2D eigenvalue weighted by Crippen LogP contribution is 2.21. The lowest BCUT2D eigenvalue weighted by Crippen LogP contribution is -2.49. The average Bonchev–Trinajstić information content (AvgIpc) is 2.62. The van der Waals surface area contributed by atoms with Gasteiger partial charge in [-0.15, -0.1) is 0 Å². The van der Waals surface area contributed by atoms with E-state index in [9.17, 15) is 8.42 Å². The van der Waals surface area contributed by atoms with Gasteiger partial charge in [-0.25, -0.2) is 13.4 Å². The van der Waals surface area contributed by atoms with E-state index in [4.69, 9.17) is 5.73 Å². The van der Waals surface area contributed by atoms with E-state index < -0.39 is 10.0 Å². The first-order chi connectivity index (χ1) is 12.4. The molecule has 0 amide bonds. The fourth-order valence-corrected chi connectivity index (χ4v) is 4.31. The summed E-state index contributed by atoms with van der Waals surface area (Å²) in [5.74, 6) is 1.41. The number of benzene rings is 1. The quantitative estimate of drug-likeness (QED) is 0.758. The highest BCUT2D eigenvalue weighted by atomic mass is 32.2. The van der Waals surface area contributed by atoms with Gasteiger partial charge in [0.2, 0.25) is 16.0 Å². The third-order valence-corrected chi connectivity index (χ3v) is 6.15. The molecule has 1 aliphatic heterocycles. The van der Waals surface area contributed by atoms with Gasteiger partial charge < -0.3 is 16.0 Å². The molecule has 140 valence electrons. The Kier molecular flexibility index (Phi) is 5.28. The van der Waals surface area contributed by atoms with Crippen LogP contribution >= 0.6 is 0 Å². The molecule has 0 spiro atoms. The largest absolute Gasteiger partial charge is 0.399 e. The fourth-order valence-electron chi connectivity index (χ4n) is 2.88. The topological polar surface area (TPSA) is 104 Å². The number of nitrogens with one attached hydrogen (secondary N) is 1. The first-order valence-electron chi connectivity index (χ1n) is 8.60. The Morgan fingerprint density at radius 3 is 2.38 bits per heavy atom. The van der Waals surface area contributed by atoms with Crippen molar-refractivity contribution < 1.29 is 8.42 Å². The van der Waals surface area contributed by atoms with Crippen LogP contribution in [0.2, 0.25) is 0 Å². The third kappa shape index (κ3) is 3.88. The standard InChI is InChI=1S/C17H24N6O2S/c1-3-19-16-12-13(2)20-17(21-16)22-8-10-23(11-9-22)26(24,25)15-6-4-14(18)5-7-15/h4-7,12H,3,8-11,18H2,1-2H3,(H,19,20,21). The van der Waals surface area contributed by atoms with Gasteiger partial charge in [0.05, 0.1) is 4.90 Å². The molecule has 0 aliphatic carbocycles. The van der Waals surface area contributed by atoms with Crippen LogP contribution in [0.25, 0.3) is 0 Å². The Labute approximate surface area is 154 Å². The van der Waals surface area contributed by atoms with Gasteiger partial charge in [-0.3, -0.25) is 0 Å². The van der Waals surface area contributed by atoms with Crippen LogP contribution in [0.4, 0.5) is 17.5 Å². The van der Waals surface area contributed by atoms with E-state index in [-0.39, 0.29) is 4.90 Å². The van der Waals surface area contributed by atoms with Crippen molar-refractivity contribution in [3.8, 4) is 0 Å². The lowest BCUT2D eigenvalue weighted by atomic mass is 10.3. The van der Waals surface area contributed by atoms with E-state index >= 15 is 0 Å².